The van der Waals surface area contributed by atoms with E-state index in [1.165, 1.54) is 23.7 Å². The second-order valence-electron chi connectivity index (χ2n) is 13.7. The van der Waals surface area contributed by atoms with Gasteiger partial charge in [0, 0.05) is 77.2 Å². The molecule has 22 radical (unpaired) electrons. The summed E-state index contributed by atoms with van der Waals surface area (Å²) in [6, 6.07) is 0. The first kappa shape index (κ1) is 49.5. The van der Waals surface area contributed by atoms with Crippen molar-refractivity contribution in [1.82, 2.24) is 0 Å². The molecule has 4 aliphatic carbocycles. The molecule has 0 bridgehead atoms. The third-order valence-electron chi connectivity index (χ3n) is 6.11. The molecule has 0 aliphatic heterocycles. The van der Waals surface area contributed by atoms with Gasteiger partial charge < -0.3 is 14.9 Å². The predicted octanol–water partition coefficient (Wildman–Crippen LogP) is 10.7. The molecule has 0 aromatic rings. The Morgan fingerprint density at radius 2 is 0.375 bits per heavy atom. The van der Waals surface area contributed by atoms with E-state index in [0.29, 0.717) is 21.7 Å². The second-order valence-corrected chi connectivity index (χ2v) is 13.7. The van der Waals surface area contributed by atoms with Crippen molar-refractivity contribution in [2.45, 2.75) is 83.1 Å². The van der Waals surface area contributed by atoms with Gasteiger partial charge in [0.2, 0.25) is 0 Å². The Labute approximate surface area is 319 Å². The first-order chi connectivity index (χ1) is 16.4. The van der Waals surface area contributed by atoms with Crippen LogP contribution in [0, 0.1) is 240 Å². The normalized spacial score (nSPS) is 20.7. The van der Waals surface area contributed by atoms with E-state index in [1.807, 2.05) is 0 Å². The summed E-state index contributed by atoms with van der Waals surface area (Å²) >= 11 is 0. The summed E-state index contributed by atoms with van der Waals surface area (Å²) in [6.45, 7) is 26.7. The molecule has 0 aromatic carbocycles. The predicted molar refractivity (Wildman–Crippen MR) is 172 cm³/mol. The van der Waals surface area contributed by atoms with E-state index in [1.54, 1.807) is 0 Å². The van der Waals surface area contributed by atoms with Crippen molar-refractivity contribution in [1.29, 1.82) is 0 Å². The summed E-state index contributed by atoms with van der Waals surface area (Å²) in [4.78, 5) is 0. The van der Waals surface area contributed by atoms with Gasteiger partial charge in [-0.15, -0.1) is 0 Å². The molecule has 0 aromatic heterocycles. The maximum atomic E-state index is 2.22. The summed E-state index contributed by atoms with van der Waals surface area (Å²) in [5.74, 6) is 5.68. The SMILES string of the molecule is CC(C)(C)[C]1[CH][CH][CH][CH]1.CC(C)(C)[C]1[CH][CH][CH][CH]1.CC(C)(C)[C]1[CH][CH][CH][CH]1.CC(C)(C)[C]1[CH][CH][CH][CH]1.[CH3-].[CH3-].[Tb].[Tb]. The van der Waals surface area contributed by atoms with Crippen molar-refractivity contribution in [3.05, 3.63) is 141 Å². The minimum atomic E-state index is 0. The van der Waals surface area contributed by atoms with Gasteiger partial charge in [0.15, 0.2) is 0 Å². The summed E-state index contributed by atoms with van der Waals surface area (Å²) < 4.78 is 0. The van der Waals surface area contributed by atoms with Gasteiger partial charge in [-0.1, -0.05) is 83.1 Å². The van der Waals surface area contributed by atoms with E-state index in [9.17, 15) is 0 Å². The summed E-state index contributed by atoms with van der Waals surface area (Å²) in [5.41, 5.74) is 1.29. The molecule has 0 unspecified atom stereocenters. The largest absolute Gasteiger partial charge is 0.358 e. The minimum absolute atomic E-state index is 0. The van der Waals surface area contributed by atoms with Gasteiger partial charge in [-0.05, 0) is 148 Å². The van der Waals surface area contributed by atoms with E-state index in [4.69, 9.17) is 0 Å². The Hall–Kier alpha value is 2.57. The van der Waals surface area contributed by atoms with Crippen LogP contribution < -0.4 is 0 Å². The zero-order valence-electron chi connectivity index (χ0n) is 27.9. The molecular weight excluding hydrogens is 774 g/mol. The molecule has 230 valence electrons. The van der Waals surface area contributed by atoms with Crippen LogP contribution in [0.2, 0.25) is 0 Å². The van der Waals surface area contributed by atoms with Crippen LogP contribution in [-0.4, -0.2) is 0 Å². The van der Waals surface area contributed by atoms with Crippen LogP contribution in [0.15, 0.2) is 0 Å². The van der Waals surface area contributed by atoms with Crippen LogP contribution in [0.1, 0.15) is 83.1 Å². The number of hydrogen-bond donors (Lipinski definition) is 0. The third-order valence-corrected chi connectivity index (χ3v) is 6.11. The molecule has 4 fully saturated rings. The van der Waals surface area contributed by atoms with E-state index >= 15 is 0 Å². The van der Waals surface area contributed by atoms with Crippen molar-refractivity contribution in [3.8, 4) is 0 Å². The molecule has 2 heteroatoms. The van der Waals surface area contributed by atoms with Crippen LogP contribution in [0.4, 0.5) is 0 Å². The van der Waals surface area contributed by atoms with Gasteiger partial charge in [-0.25, -0.2) is 0 Å². The topological polar surface area (TPSA) is 0 Å². The third kappa shape index (κ3) is 21.3. The van der Waals surface area contributed by atoms with E-state index in [0.717, 1.165) is 0 Å². The van der Waals surface area contributed by atoms with Gasteiger partial charge in [-0.2, -0.15) is 0 Å². The van der Waals surface area contributed by atoms with E-state index in [2.05, 4.69) is 186 Å². The first-order valence-electron chi connectivity index (χ1n) is 13.3. The molecule has 4 aliphatic rings. The van der Waals surface area contributed by atoms with Gasteiger partial charge in [0.1, 0.15) is 0 Å². The monoisotopic (exact) mass is 832 g/mol. The molecule has 0 spiro atoms. The van der Waals surface area contributed by atoms with Crippen molar-refractivity contribution in [2.24, 2.45) is 21.7 Å². The van der Waals surface area contributed by atoms with Crippen molar-refractivity contribution in [2.75, 3.05) is 0 Å². The summed E-state index contributed by atoms with van der Waals surface area (Å²) in [5, 5.41) is 0. The average Bonchev–Trinajstić information content (AvgIpc) is 3.57. The van der Waals surface area contributed by atoms with Gasteiger partial charge in [0.25, 0.3) is 0 Å². The van der Waals surface area contributed by atoms with Crippen LogP contribution >= 0.6 is 0 Å². The first-order valence-corrected chi connectivity index (χ1v) is 13.3. The Morgan fingerprint density at radius 1 is 0.275 bits per heavy atom. The smallest absolute Gasteiger partial charge is 0 e. The molecular formula is C38H58Tb2-2. The Balaban J connectivity index is -0.000000209. The Kier molecular flexibility index (Phi) is 28.4. The molecule has 0 N–H and O–H groups in total. The molecule has 0 nitrogen and oxygen atoms in total. The second kappa shape index (κ2) is 23.0. The molecule has 4 rings (SSSR count). The minimum Gasteiger partial charge on any atom is -0.358 e. The molecule has 4 saturated carbocycles. The van der Waals surface area contributed by atoms with Gasteiger partial charge in [-0.3, -0.25) is 0 Å². The van der Waals surface area contributed by atoms with Crippen LogP contribution in [-0.2, 0) is 0 Å². The van der Waals surface area contributed by atoms with E-state index < -0.39 is 0 Å². The van der Waals surface area contributed by atoms with Crippen LogP contribution in [0.3, 0.4) is 0 Å². The molecule has 0 atom stereocenters. The van der Waals surface area contributed by atoms with Gasteiger partial charge in [0.05, 0.1) is 0 Å². The molecule has 40 heavy (non-hydrogen) atoms. The van der Waals surface area contributed by atoms with Gasteiger partial charge >= 0.3 is 0 Å². The number of hydrogen-bond acceptors (Lipinski definition) is 0. The van der Waals surface area contributed by atoms with Crippen molar-refractivity contribution >= 4 is 0 Å². The van der Waals surface area contributed by atoms with Crippen molar-refractivity contribution < 1.29 is 77.2 Å². The molecule has 0 saturated heterocycles. The molecule has 0 heterocycles. The van der Waals surface area contributed by atoms with Crippen molar-refractivity contribution in [3.63, 3.8) is 0 Å². The van der Waals surface area contributed by atoms with Crippen LogP contribution in [0.25, 0.3) is 0 Å². The zero-order valence-corrected chi connectivity index (χ0v) is 32.2. The Bertz CT molecular complexity index is 438. The fourth-order valence-corrected chi connectivity index (χ4v) is 3.50. The zero-order chi connectivity index (χ0) is 27.6. The van der Waals surface area contributed by atoms with E-state index in [-0.39, 0.29) is 92.1 Å². The quantitative estimate of drug-likeness (QED) is 0.213. The summed E-state index contributed by atoms with van der Waals surface area (Å²) in [6.07, 6.45) is 34.0. The summed E-state index contributed by atoms with van der Waals surface area (Å²) in [7, 11) is 0. The fraction of sp³-hybridized carbons (Fsp3) is 0.421. The number of rotatable bonds is 0. The molecule has 0 amide bonds. The maximum absolute atomic E-state index is 2.22. The maximum Gasteiger partial charge on any atom is 0 e. The standard InChI is InChI=1S/4C9H13.2CH3.2Tb/c4*1-9(2,3)8-6-4-5-7-8;;;;/h4*4-7H,1-3H3;2*1H3;;/q;;;;2*-1;;. The average molecular weight is 833 g/mol. The Morgan fingerprint density at radius 3 is 0.425 bits per heavy atom. The fourth-order valence-electron chi connectivity index (χ4n) is 3.50. The van der Waals surface area contributed by atoms with Crippen LogP contribution in [0.5, 0.6) is 0 Å².